The number of nitrogens with zero attached hydrogens (tertiary/aromatic N) is 3. The molecule has 0 aliphatic carbocycles. The first-order chi connectivity index (χ1) is 13.3. The molecule has 0 bridgehead atoms. The number of aryl methyl sites for hydroxylation is 1. The molecule has 0 N–H and O–H groups in total. The van der Waals surface area contributed by atoms with Gasteiger partial charge in [0.2, 0.25) is 5.91 Å². The van der Waals surface area contributed by atoms with Gasteiger partial charge in [0.15, 0.2) is 0 Å². The minimum absolute atomic E-state index is 0.146. The summed E-state index contributed by atoms with van der Waals surface area (Å²) in [6, 6.07) is 12.0. The van der Waals surface area contributed by atoms with Crippen molar-refractivity contribution in [3.63, 3.8) is 0 Å². The Hall–Kier alpha value is -2.31. The quantitative estimate of drug-likeness (QED) is 0.624. The van der Waals surface area contributed by atoms with Crippen LogP contribution >= 0.6 is 11.3 Å². The number of carbonyl (C=O) groups excluding carboxylic acids is 1. The molecule has 4 rings (SSSR count). The number of amides is 1. The summed E-state index contributed by atoms with van der Waals surface area (Å²) in [6.07, 6.45) is 6.96. The van der Waals surface area contributed by atoms with Crippen molar-refractivity contribution in [1.82, 2.24) is 14.9 Å². The molecule has 0 saturated carbocycles. The van der Waals surface area contributed by atoms with Gasteiger partial charge in [0.1, 0.15) is 0 Å². The molecule has 1 amide bonds. The van der Waals surface area contributed by atoms with Crippen LogP contribution in [0.5, 0.6) is 0 Å². The molecule has 0 spiro atoms. The van der Waals surface area contributed by atoms with Crippen molar-refractivity contribution < 1.29 is 9.53 Å². The zero-order valence-corrected chi connectivity index (χ0v) is 16.0. The maximum absolute atomic E-state index is 13.0. The second-order valence-corrected chi connectivity index (χ2v) is 7.96. The van der Waals surface area contributed by atoms with Gasteiger partial charge in [0.25, 0.3) is 0 Å². The lowest BCUT2D eigenvalue weighted by Gasteiger charge is -2.25. The van der Waals surface area contributed by atoms with E-state index in [0.717, 1.165) is 35.5 Å². The van der Waals surface area contributed by atoms with E-state index in [1.54, 1.807) is 17.5 Å². The number of aromatic nitrogens is 2. The molecule has 1 aliphatic heterocycles. The summed E-state index contributed by atoms with van der Waals surface area (Å²) < 4.78 is 6.93. The van der Waals surface area contributed by atoms with Crippen LogP contribution in [0.25, 0.3) is 10.2 Å². The fraction of sp³-hybridized carbons (Fsp3) is 0.381. The monoisotopic (exact) mass is 381 g/mol. The van der Waals surface area contributed by atoms with E-state index < -0.39 is 0 Å². The van der Waals surface area contributed by atoms with Gasteiger partial charge < -0.3 is 9.64 Å². The number of carbonyl (C=O) groups is 1. The second-order valence-electron chi connectivity index (χ2n) is 6.85. The van der Waals surface area contributed by atoms with Crippen LogP contribution in [0, 0.1) is 0 Å². The average Bonchev–Trinajstić information content (AvgIpc) is 3.35. The summed E-state index contributed by atoms with van der Waals surface area (Å²) in [5.41, 5.74) is 2.06. The molecule has 2 aromatic heterocycles. The van der Waals surface area contributed by atoms with E-state index in [1.807, 2.05) is 41.4 Å². The van der Waals surface area contributed by atoms with Gasteiger partial charge >= 0.3 is 0 Å². The third-order valence-electron chi connectivity index (χ3n) is 4.79. The Kier molecular flexibility index (Phi) is 5.75. The molecule has 1 unspecified atom stereocenters. The minimum atomic E-state index is 0.146. The zero-order valence-electron chi connectivity index (χ0n) is 15.2. The van der Waals surface area contributed by atoms with Crippen LogP contribution in [-0.4, -0.2) is 40.0 Å². The molecule has 6 heteroatoms. The fourth-order valence-electron chi connectivity index (χ4n) is 3.40. The van der Waals surface area contributed by atoms with E-state index in [-0.39, 0.29) is 12.0 Å². The van der Waals surface area contributed by atoms with Crippen molar-refractivity contribution in [2.75, 3.05) is 13.2 Å². The maximum Gasteiger partial charge on any atom is 0.223 e. The molecule has 3 heterocycles. The summed E-state index contributed by atoms with van der Waals surface area (Å²) in [7, 11) is 0. The Morgan fingerprint density at radius 2 is 2.19 bits per heavy atom. The number of ether oxygens (including phenoxy) is 1. The first kappa shape index (κ1) is 18.1. The third kappa shape index (κ3) is 4.70. The average molecular weight is 382 g/mol. The summed E-state index contributed by atoms with van der Waals surface area (Å²) in [5, 5.41) is 1.02. The lowest BCUT2D eigenvalue weighted by Crippen LogP contribution is -2.37. The first-order valence-electron chi connectivity index (χ1n) is 9.40. The first-order valence-corrected chi connectivity index (χ1v) is 10.2. The highest BCUT2D eigenvalue weighted by Crippen LogP contribution is 2.23. The standard InChI is InChI=1S/C21H23N3O2S/c25-21(10-9-20-23-18-7-1-2-8-19(18)27-20)24(15-17-6-4-12-26-17)14-16-5-3-11-22-13-16/h1-3,5,7-8,11,13,17H,4,6,9-10,12,14-15H2. The molecule has 3 aromatic rings. The van der Waals surface area contributed by atoms with Gasteiger partial charge in [0, 0.05) is 44.9 Å². The zero-order chi connectivity index (χ0) is 18.5. The number of fused-ring (bicyclic) bond motifs is 1. The lowest BCUT2D eigenvalue weighted by atomic mass is 10.2. The maximum atomic E-state index is 13.0. The number of thiazole rings is 1. The molecule has 1 aliphatic rings. The van der Waals surface area contributed by atoms with Crippen molar-refractivity contribution in [3.8, 4) is 0 Å². The van der Waals surface area contributed by atoms with Crippen molar-refractivity contribution in [1.29, 1.82) is 0 Å². The molecule has 1 fully saturated rings. The summed E-state index contributed by atoms with van der Waals surface area (Å²) >= 11 is 1.67. The predicted molar refractivity (Wildman–Crippen MR) is 107 cm³/mol. The second kappa shape index (κ2) is 8.59. The van der Waals surface area contributed by atoms with Gasteiger partial charge in [0.05, 0.1) is 21.3 Å². The van der Waals surface area contributed by atoms with Crippen molar-refractivity contribution >= 4 is 27.5 Å². The highest BCUT2D eigenvalue weighted by atomic mass is 32.1. The SMILES string of the molecule is O=C(CCc1nc2ccccc2s1)N(Cc1cccnc1)CC1CCCO1. The minimum Gasteiger partial charge on any atom is -0.376 e. The van der Waals surface area contributed by atoms with E-state index in [1.165, 1.54) is 4.70 Å². The Balaban J connectivity index is 1.42. The third-order valence-corrected chi connectivity index (χ3v) is 5.88. The molecular formula is C21H23N3O2S. The lowest BCUT2D eigenvalue weighted by molar-refractivity contribution is -0.133. The van der Waals surface area contributed by atoms with Gasteiger partial charge in [-0.15, -0.1) is 11.3 Å². The Labute approximate surface area is 163 Å². The van der Waals surface area contributed by atoms with Crippen LogP contribution in [0.15, 0.2) is 48.8 Å². The summed E-state index contributed by atoms with van der Waals surface area (Å²) in [5.74, 6) is 0.147. The predicted octanol–water partition coefficient (Wildman–Crippen LogP) is 3.83. The van der Waals surface area contributed by atoms with Crippen LogP contribution in [0.3, 0.4) is 0 Å². The van der Waals surface area contributed by atoms with Crippen molar-refractivity contribution in [2.24, 2.45) is 0 Å². The van der Waals surface area contributed by atoms with Crippen LogP contribution in [-0.2, 0) is 22.5 Å². The molecule has 140 valence electrons. The van der Waals surface area contributed by atoms with Gasteiger partial charge in [-0.3, -0.25) is 9.78 Å². The van der Waals surface area contributed by atoms with E-state index in [2.05, 4.69) is 16.0 Å². The van der Waals surface area contributed by atoms with Crippen molar-refractivity contribution in [2.45, 2.75) is 38.3 Å². The molecular weight excluding hydrogens is 358 g/mol. The Morgan fingerprint density at radius 1 is 1.26 bits per heavy atom. The van der Waals surface area contributed by atoms with Crippen molar-refractivity contribution in [3.05, 3.63) is 59.4 Å². The molecule has 27 heavy (non-hydrogen) atoms. The van der Waals surface area contributed by atoms with Gasteiger partial charge in [-0.1, -0.05) is 18.2 Å². The number of hydrogen-bond donors (Lipinski definition) is 0. The van der Waals surface area contributed by atoms with Crippen LogP contribution < -0.4 is 0 Å². The smallest absolute Gasteiger partial charge is 0.223 e. The van der Waals surface area contributed by atoms with Crippen LogP contribution in [0.1, 0.15) is 29.8 Å². The number of benzene rings is 1. The van der Waals surface area contributed by atoms with E-state index >= 15 is 0 Å². The van der Waals surface area contributed by atoms with E-state index in [9.17, 15) is 4.79 Å². The molecule has 1 atom stereocenters. The highest BCUT2D eigenvalue weighted by molar-refractivity contribution is 7.18. The largest absolute Gasteiger partial charge is 0.376 e. The van der Waals surface area contributed by atoms with E-state index in [0.29, 0.717) is 25.9 Å². The Morgan fingerprint density at radius 3 is 2.96 bits per heavy atom. The van der Waals surface area contributed by atoms with Gasteiger partial charge in [-0.05, 0) is 36.6 Å². The molecule has 1 saturated heterocycles. The van der Waals surface area contributed by atoms with Crippen LogP contribution in [0.2, 0.25) is 0 Å². The summed E-state index contributed by atoms with van der Waals surface area (Å²) in [4.78, 5) is 23.7. The number of rotatable bonds is 7. The molecule has 1 aromatic carbocycles. The van der Waals surface area contributed by atoms with Crippen LogP contribution in [0.4, 0.5) is 0 Å². The fourth-order valence-corrected chi connectivity index (χ4v) is 4.37. The van der Waals surface area contributed by atoms with Gasteiger partial charge in [-0.2, -0.15) is 0 Å². The molecule has 5 nitrogen and oxygen atoms in total. The number of pyridine rings is 1. The Bertz CT molecular complexity index is 858. The number of para-hydroxylation sites is 1. The highest BCUT2D eigenvalue weighted by Gasteiger charge is 2.23. The molecule has 0 radical (unpaired) electrons. The summed E-state index contributed by atoms with van der Waals surface area (Å²) in [6.45, 7) is 2.02. The van der Waals surface area contributed by atoms with Gasteiger partial charge in [-0.25, -0.2) is 4.98 Å². The normalized spacial score (nSPS) is 16.7. The van der Waals surface area contributed by atoms with E-state index in [4.69, 9.17) is 4.74 Å². The number of hydrogen-bond acceptors (Lipinski definition) is 5. The topological polar surface area (TPSA) is 55.3 Å².